The summed E-state index contributed by atoms with van der Waals surface area (Å²) >= 11 is 0. The van der Waals surface area contributed by atoms with E-state index in [-0.39, 0.29) is 19.6 Å². The quantitative estimate of drug-likeness (QED) is 0.132. The Balaban J connectivity index is 0.00000675. The van der Waals surface area contributed by atoms with Crippen LogP contribution in [-0.2, 0) is 21.2 Å². The van der Waals surface area contributed by atoms with Crippen LogP contribution in [0.4, 0.5) is 0 Å². The lowest BCUT2D eigenvalue weighted by Gasteiger charge is -2.27. The number of carboxylic acids is 1. The summed E-state index contributed by atoms with van der Waals surface area (Å²) < 4.78 is 23.3. The number of rotatable bonds is 16. The van der Waals surface area contributed by atoms with Gasteiger partial charge in [-0.3, -0.25) is 4.79 Å². The number of carboxylic acid groups (broad SMARTS) is 1. The van der Waals surface area contributed by atoms with Crippen molar-refractivity contribution >= 4 is 21.7 Å². The number of sulfone groups is 1. The molecule has 0 aliphatic heterocycles. The highest BCUT2D eigenvalue weighted by molar-refractivity contribution is 7.90. The van der Waals surface area contributed by atoms with Crippen LogP contribution in [0.2, 0.25) is 0 Å². The monoisotopic (exact) mass is 626 g/mol. The summed E-state index contributed by atoms with van der Waals surface area (Å²) in [6.45, 7) is 6.95. The van der Waals surface area contributed by atoms with Crippen molar-refractivity contribution in [3.05, 3.63) is 70.8 Å². The molecule has 0 spiro atoms. The molecule has 1 fully saturated rings. The minimum atomic E-state index is -3.37. The van der Waals surface area contributed by atoms with Crippen molar-refractivity contribution in [2.45, 2.75) is 111 Å². The first-order valence-corrected chi connectivity index (χ1v) is 17.8. The van der Waals surface area contributed by atoms with E-state index in [0.717, 1.165) is 53.7 Å². The highest BCUT2D eigenvalue weighted by Gasteiger charge is 2.25. The van der Waals surface area contributed by atoms with Gasteiger partial charge in [0.15, 0.2) is 0 Å². The Labute approximate surface area is 265 Å². The normalized spacial score (nSPS) is 15.1. The fourth-order valence-electron chi connectivity index (χ4n) is 5.97. The number of amides is 1. The van der Waals surface area contributed by atoms with Gasteiger partial charge >= 0.3 is 5.97 Å². The van der Waals surface area contributed by atoms with Crippen molar-refractivity contribution in [1.29, 1.82) is 0 Å². The summed E-state index contributed by atoms with van der Waals surface area (Å²) in [6, 6.07) is 12.6. The van der Waals surface area contributed by atoms with E-state index in [1.54, 1.807) is 6.07 Å². The second kappa shape index (κ2) is 18.1. The Hall–Kier alpha value is -2.97. The molecule has 1 aliphatic rings. The van der Waals surface area contributed by atoms with Gasteiger partial charge in [-0.2, -0.15) is 0 Å². The van der Waals surface area contributed by atoms with Crippen LogP contribution in [0.25, 0.3) is 11.1 Å². The van der Waals surface area contributed by atoms with Gasteiger partial charge in [0.05, 0.1) is 5.75 Å². The number of carbonyl (C=O) groups is 2. The van der Waals surface area contributed by atoms with Crippen LogP contribution >= 0.6 is 0 Å². The number of nitrogens with one attached hydrogen (secondary N) is 2. The molecule has 44 heavy (non-hydrogen) atoms. The van der Waals surface area contributed by atoms with E-state index < -0.39 is 27.8 Å². The molecule has 8 heteroatoms. The molecule has 2 aromatic carbocycles. The van der Waals surface area contributed by atoms with Gasteiger partial charge in [0, 0.05) is 24.4 Å². The zero-order valence-electron chi connectivity index (χ0n) is 26.3. The minimum absolute atomic E-state index is 0. The average molecular weight is 627 g/mol. The molecule has 0 heterocycles. The number of benzene rings is 2. The van der Waals surface area contributed by atoms with Crippen LogP contribution in [0, 0.1) is 12.8 Å². The van der Waals surface area contributed by atoms with Crippen LogP contribution in [0.5, 0.6) is 0 Å². The van der Waals surface area contributed by atoms with Gasteiger partial charge in [0.1, 0.15) is 15.9 Å². The third-order valence-corrected chi connectivity index (χ3v) is 9.37. The van der Waals surface area contributed by atoms with Crippen LogP contribution in [0.3, 0.4) is 0 Å². The molecule has 244 valence electrons. The van der Waals surface area contributed by atoms with Gasteiger partial charge in [-0.1, -0.05) is 81.5 Å². The lowest BCUT2D eigenvalue weighted by atomic mass is 9.83. The lowest BCUT2D eigenvalue weighted by Crippen LogP contribution is -2.42. The molecule has 0 radical (unpaired) electrons. The summed E-state index contributed by atoms with van der Waals surface area (Å²) in [6.07, 6.45) is 14.3. The third kappa shape index (κ3) is 12.6. The molecule has 0 aromatic heterocycles. The summed E-state index contributed by atoms with van der Waals surface area (Å²) in [4.78, 5) is 25.3. The van der Waals surface area contributed by atoms with E-state index in [2.05, 4.69) is 30.6 Å². The van der Waals surface area contributed by atoms with E-state index in [1.165, 1.54) is 44.1 Å². The zero-order chi connectivity index (χ0) is 31.4. The molecule has 0 bridgehead atoms. The molecule has 3 N–H and O–H groups in total. The van der Waals surface area contributed by atoms with Crippen molar-refractivity contribution in [2.24, 2.45) is 5.92 Å². The molecule has 3 rings (SSSR count). The van der Waals surface area contributed by atoms with Crippen LogP contribution in [-0.4, -0.2) is 49.5 Å². The van der Waals surface area contributed by atoms with Gasteiger partial charge in [0.2, 0.25) is 0 Å². The zero-order valence-corrected chi connectivity index (χ0v) is 27.1. The van der Waals surface area contributed by atoms with E-state index in [4.69, 9.17) is 0 Å². The molecular weight excluding hydrogens is 572 g/mol. The van der Waals surface area contributed by atoms with Crippen molar-refractivity contribution in [3.63, 3.8) is 0 Å². The van der Waals surface area contributed by atoms with Crippen molar-refractivity contribution in [2.75, 3.05) is 12.0 Å². The largest absolute Gasteiger partial charge is 0.480 e. The predicted octanol–water partition coefficient (Wildman–Crippen LogP) is 7.48. The van der Waals surface area contributed by atoms with Gasteiger partial charge in [0.25, 0.3) is 5.91 Å². The maximum absolute atomic E-state index is 13.4. The maximum Gasteiger partial charge on any atom is 0.326 e. The van der Waals surface area contributed by atoms with Gasteiger partial charge in [-0.15, -0.1) is 0 Å². The molecule has 1 saturated carbocycles. The second-order valence-electron chi connectivity index (χ2n) is 12.5. The maximum atomic E-state index is 13.4. The van der Waals surface area contributed by atoms with Gasteiger partial charge in [-0.25, -0.2) is 13.2 Å². The van der Waals surface area contributed by atoms with Crippen LogP contribution in [0.1, 0.15) is 107 Å². The molecule has 7 nitrogen and oxygen atoms in total. The number of hydrogen-bond acceptors (Lipinski definition) is 5. The molecule has 0 unspecified atom stereocenters. The molecule has 1 aliphatic carbocycles. The molecule has 2 aromatic rings. The molecule has 1 amide bonds. The van der Waals surface area contributed by atoms with Gasteiger partial charge in [-0.05, 0) is 93.2 Å². The summed E-state index contributed by atoms with van der Waals surface area (Å²) in [5.41, 5.74) is 5.41. The van der Waals surface area contributed by atoms with E-state index in [0.29, 0.717) is 18.2 Å². The molecule has 2 atom stereocenters. The smallest absolute Gasteiger partial charge is 0.326 e. The first kappa shape index (κ1) is 37.2. The van der Waals surface area contributed by atoms with E-state index in [1.807, 2.05) is 43.3 Å². The summed E-state index contributed by atoms with van der Waals surface area (Å²) in [5, 5.41) is 16.1. The average Bonchev–Trinajstić information content (AvgIpc) is 2.96. The first-order valence-electron chi connectivity index (χ1n) is 15.7. The van der Waals surface area contributed by atoms with Gasteiger partial charge < -0.3 is 15.7 Å². The Morgan fingerprint density at radius 1 is 1.02 bits per heavy atom. The Bertz CT molecular complexity index is 1360. The number of hydrogen-bond donors (Lipinski definition) is 3. The van der Waals surface area contributed by atoms with Crippen LogP contribution < -0.4 is 10.6 Å². The van der Waals surface area contributed by atoms with E-state index >= 15 is 0 Å². The first-order chi connectivity index (χ1) is 20.4. The highest BCUT2D eigenvalue weighted by Crippen LogP contribution is 2.30. The Kier molecular flexibility index (Phi) is 15.3. The van der Waals surface area contributed by atoms with Crippen LogP contribution in [0.15, 0.2) is 54.1 Å². The predicted molar refractivity (Wildman–Crippen MR) is 182 cm³/mol. The van der Waals surface area contributed by atoms with Crippen molar-refractivity contribution in [1.82, 2.24) is 10.6 Å². The van der Waals surface area contributed by atoms with E-state index in [9.17, 15) is 23.1 Å². The topological polar surface area (TPSA) is 113 Å². The second-order valence-corrected chi connectivity index (χ2v) is 14.8. The molecular formula is C36H54N2O5S. The lowest BCUT2D eigenvalue weighted by molar-refractivity contribution is -0.139. The highest BCUT2D eigenvalue weighted by atomic mass is 32.2. The number of aliphatic carboxylic acids is 1. The third-order valence-electron chi connectivity index (χ3n) is 8.39. The minimum Gasteiger partial charge on any atom is -0.480 e. The summed E-state index contributed by atoms with van der Waals surface area (Å²) in [5.74, 6) is -1.35. The SMILES string of the molecule is C.CC(C)=CCCC[C@@H](CC1CCCCC1)NCc1ccc(C(=O)N[C@@H](CCS(C)(=O)=O)C(=O)O)c(-c2ccccc2C)c1. The standard InChI is InChI=1S/C35H50N2O5S.CH4/c1-25(2)12-8-10-16-29(22-27-14-6-5-7-15-27)36-24-28-18-19-31(32(23-28)30-17-11-9-13-26(30)3)34(38)37-33(35(39)40)20-21-43(4,41)42;/h9,11-13,17-19,23,27,29,33,36H,5-8,10,14-16,20-22,24H2,1-4H3,(H,37,38)(H,39,40);1H4/t29-,33-;/m0./s1. The number of aryl methyl sites for hydroxylation is 1. The van der Waals surface area contributed by atoms with Crippen molar-refractivity contribution in [3.8, 4) is 11.1 Å². The fraction of sp³-hybridized carbons (Fsp3) is 0.556. The molecule has 0 saturated heterocycles. The number of carbonyl (C=O) groups excluding carboxylic acids is 1. The Morgan fingerprint density at radius 3 is 2.36 bits per heavy atom. The Morgan fingerprint density at radius 2 is 1.73 bits per heavy atom. The summed E-state index contributed by atoms with van der Waals surface area (Å²) in [7, 11) is -3.37. The van der Waals surface area contributed by atoms with Crippen molar-refractivity contribution < 1.29 is 23.1 Å². The fourth-order valence-corrected chi connectivity index (χ4v) is 6.63. The number of allylic oxidation sites excluding steroid dienone is 2. The number of unbranched alkanes of at least 4 members (excludes halogenated alkanes) is 1.